The van der Waals surface area contributed by atoms with Gasteiger partial charge in [-0.3, -0.25) is 19.3 Å². The molecule has 3 aromatic heterocycles. The van der Waals surface area contributed by atoms with Crippen molar-refractivity contribution < 1.29 is 4.79 Å². The molecule has 0 saturated heterocycles. The third kappa shape index (κ3) is 2.10. The lowest BCUT2D eigenvalue weighted by Gasteiger charge is -2.02. The maximum Gasteiger partial charge on any atom is 0.271 e. The van der Waals surface area contributed by atoms with E-state index in [4.69, 9.17) is 5.73 Å². The summed E-state index contributed by atoms with van der Waals surface area (Å²) in [5.41, 5.74) is 7.43. The Morgan fingerprint density at radius 1 is 1.42 bits per heavy atom. The first-order valence-corrected chi connectivity index (χ1v) is 7.61. The van der Waals surface area contributed by atoms with Gasteiger partial charge >= 0.3 is 0 Å². The summed E-state index contributed by atoms with van der Waals surface area (Å²) < 4.78 is 2.24. The number of aromatic nitrogens is 6. The molecule has 120 valence electrons. The van der Waals surface area contributed by atoms with E-state index >= 15 is 0 Å². The van der Waals surface area contributed by atoms with Crippen molar-refractivity contribution in [3.63, 3.8) is 0 Å². The number of hydrogen-bond donors (Lipinski definition) is 3. The lowest BCUT2D eigenvalue weighted by molar-refractivity contribution is 0.102. The predicted molar refractivity (Wildman–Crippen MR) is 88.1 cm³/mol. The molecule has 0 aliphatic rings. The number of nitrogen functional groups attached to an aromatic ring is 1. The zero-order valence-electron chi connectivity index (χ0n) is 12.3. The molecule has 0 atom stereocenters. The van der Waals surface area contributed by atoms with Gasteiger partial charge in [0, 0.05) is 11.9 Å². The number of rotatable bonds is 2. The minimum atomic E-state index is -0.653. The van der Waals surface area contributed by atoms with Gasteiger partial charge in [-0.1, -0.05) is 16.4 Å². The van der Waals surface area contributed by atoms with Crippen LogP contribution in [0.5, 0.6) is 0 Å². The Morgan fingerprint density at radius 3 is 3.00 bits per heavy atom. The largest absolute Gasteiger partial charge is 0.398 e. The highest BCUT2D eigenvalue weighted by Crippen LogP contribution is 2.28. The Balaban J connectivity index is 1.91. The fraction of sp³-hybridized carbons (Fsp3) is 0.0769. The maximum atomic E-state index is 12.7. The van der Waals surface area contributed by atoms with Crippen molar-refractivity contribution in [2.45, 2.75) is 6.92 Å². The first-order valence-electron chi connectivity index (χ1n) is 6.80. The summed E-state index contributed by atoms with van der Waals surface area (Å²) in [5, 5.41) is 15.0. The molecular weight excluding hydrogens is 332 g/mol. The van der Waals surface area contributed by atoms with Gasteiger partial charge in [0.15, 0.2) is 4.96 Å². The van der Waals surface area contributed by atoms with Gasteiger partial charge in [0.05, 0.1) is 10.2 Å². The van der Waals surface area contributed by atoms with Gasteiger partial charge in [0.2, 0.25) is 5.95 Å². The van der Waals surface area contributed by atoms with Crippen molar-refractivity contribution in [3.8, 4) is 0 Å². The van der Waals surface area contributed by atoms with E-state index in [1.54, 1.807) is 6.07 Å². The normalized spacial score (nSPS) is 11.2. The molecular formula is C13H10N8O2S. The minimum absolute atomic E-state index is 0.0412. The number of fused-ring (bicyclic) bond motifs is 3. The number of amides is 1. The van der Waals surface area contributed by atoms with E-state index in [9.17, 15) is 9.59 Å². The quantitative estimate of drug-likeness (QED) is 0.451. The molecule has 4 rings (SSSR count). The summed E-state index contributed by atoms with van der Waals surface area (Å²) in [4.78, 5) is 29.7. The molecule has 0 saturated carbocycles. The number of benzene rings is 1. The van der Waals surface area contributed by atoms with Crippen LogP contribution in [-0.2, 0) is 0 Å². The molecule has 0 spiro atoms. The predicted octanol–water partition coefficient (Wildman–Crippen LogP) is 0.565. The number of carbonyl (C=O) groups excluding carboxylic acids is 1. The summed E-state index contributed by atoms with van der Waals surface area (Å²) in [6.45, 7) is 1.89. The first kappa shape index (κ1) is 14.3. The fourth-order valence-corrected chi connectivity index (χ4v) is 3.37. The molecule has 4 N–H and O–H groups in total. The summed E-state index contributed by atoms with van der Waals surface area (Å²) in [6.07, 6.45) is 1.24. The van der Waals surface area contributed by atoms with E-state index in [1.165, 1.54) is 21.9 Å². The maximum absolute atomic E-state index is 12.7. The average molecular weight is 342 g/mol. The third-order valence-corrected chi connectivity index (χ3v) is 4.56. The zero-order chi connectivity index (χ0) is 16.8. The molecule has 10 nitrogen and oxygen atoms in total. The Morgan fingerprint density at radius 2 is 2.25 bits per heavy atom. The van der Waals surface area contributed by atoms with Crippen LogP contribution in [0, 0.1) is 6.92 Å². The van der Waals surface area contributed by atoms with Crippen molar-refractivity contribution in [2.75, 3.05) is 11.1 Å². The van der Waals surface area contributed by atoms with Crippen LogP contribution in [0.2, 0.25) is 0 Å². The number of nitrogens with two attached hydrogens (primary N) is 1. The smallest absolute Gasteiger partial charge is 0.271 e. The molecule has 4 aromatic rings. The third-order valence-electron chi connectivity index (χ3n) is 3.54. The standard InChI is InChI=1S/C13H10N8O2S/c1-5-2-9-8(3-7(5)14)21-11(23)6(4-15-13(21)24-9)10(22)16-12-17-19-20-18-12/h2-4H,14H2,1H3,(H2,16,17,18,19,20,22). The number of nitrogens with zero attached hydrogens (tertiary/aromatic N) is 5. The molecule has 0 aliphatic carbocycles. The van der Waals surface area contributed by atoms with Crippen LogP contribution in [0.4, 0.5) is 11.6 Å². The highest BCUT2D eigenvalue weighted by Gasteiger charge is 2.18. The van der Waals surface area contributed by atoms with Crippen molar-refractivity contribution in [3.05, 3.63) is 39.8 Å². The van der Waals surface area contributed by atoms with Crippen LogP contribution < -0.4 is 16.6 Å². The lowest BCUT2D eigenvalue weighted by atomic mass is 10.2. The van der Waals surface area contributed by atoms with Gasteiger partial charge in [0.1, 0.15) is 5.56 Å². The van der Waals surface area contributed by atoms with Crippen molar-refractivity contribution in [1.82, 2.24) is 30.0 Å². The van der Waals surface area contributed by atoms with Crippen molar-refractivity contribution in [1.29, 1.82) is 0 Å². The van der Waals surface area contributed by atoms with Gasteiger partial charge in [0.25, 0.3) is 11.5 Å². The molecule has 11 heteroatoms. The van der Waals surface area contributed by atoms with E-state index < -0.39 is 11.5 Å². The number of anilines is 2. The minimum Gasteiger partial charge on any atom is -0.398 e. The number of H-pyrrole nitrogens is 1. The summed E-state index contributed by atoms with van der Waals surface area (Å²) >= 11 is 1.35. The highest BCUT2D eigenvalue weighted by molar-refractivity contribution is 7.23. The highest BCUT2D eigenvalue weighted by atomic mass is 32.1. The number of carbonyl (C=O) groups is 1. The van der Waals surface area contributed by atoms with Gasteiger partial charge in [-0.15, -0.1) is 0 Å². The SMILES string of the molecule is Cc1cc2sc3ncc(C(=O)Nc4nnn[nH]4)c(=O)n3c2cc1N. The van der Waals surface area contributed by atoms with E-state index in [0.717, 1.165) is 10.3 Å². The van der Waals surface area contributed by atoms with Gasteiger partial charge in [-0.25, -0.2) is 10.1 Å². The molecule has 1 aromatic carbocycles. The topological polar surface area (TPSA) is 144 Å². The van der Waals surface area contributed by atoms with Crippen LogP contribution in [0.1, 0.15) is 15.9 Å². The number of tetrazole rings is 1. The van der Waals surface area contributed by atoms with Crippen LogP contribution >= 0.6 is 11.3 Å². The fourth-order valence-electron chi connectivity index (χ4n) is 2.31. The van der Waals surface area contributed by atoms with Crippen LogP contribution in [0.15, 0.2) is 23.1 Å². The molecule has 0 radical (unpaired) electrons. The van der Waals surface area contributed by atoms with Gasteiger partial charge in [-0.05, 0) is 35.0 Å². The monoisotopic (exact) mass is 342 g/mol. The molecule has 24 heavy (non-hydrogen) atoms. The van der Waals surface area contributed by atoms with Gasteiger partial charge < -0.3 is 5.73 Å². The summed E-state index contributed by atoms with van der Waals surface area (Å²) in [7, 11) is 0. The number of nitrogens with one attached hydrogen (secondary N) is 2. The Bertz CT molecular complexity index is 1140. The molecule has 0 bridgehead atoms. The molecule has 0 aliphatic heterocycles. The number of aryl methyl sites for hydroxylation is 1. The van der Waals surface area contributed by atoms with Crippen LogP contribution in [0.25, 0.3) is 15.2 Å². The first-order chi connectivity index (χ1) is 11.5. The Hall–Kier alpha value is -3.34. The lowest BCUT2D eigenvalue weighted by Crippen LogP contribution is -2.26. The van der Waals surface area contributed by atoms with E-state index in [1.807, 2.05) is 13.0 Å². The Kier molecular flexibility index (Phi) is 3.03. The van der Waals surface area contributed by atoms with E-state index in [2.05, 4.69) is 30.9 Å². The molecule has 0 fully saturated rings. The van der Waals surface area contributed by atoms with Crippen LogP contribution in [0.3, 0.4) is 0 Å². The second-order valence-corrected chi connectivity index (χ2v) is 6.09. The second kappa shape index (κ2) is 5.09. The van der Waals surface area contributed by atoms with Gasteiger partial charge in [-0.2, -0.15) is 0 Å². The summed E-state index contributed by atoms with van der Waals surface area (Å²) in [5.74, 6) is -0.612. The molecule has 1 amide bonds. The van der Waals surface area contributed by atoms with Crippen molar-refractivity contribution >= 4 is 44.1 Å². The molecule has 0 unspecified atom stereocenters. The summed E-state index contributed by atoms with van der Waals surface area (Å²) in [6, 6.07) is 3.60. The van der Waals surface area contributed by atoms with Crippen LogP contribution in [-0.4, -0.2) is 35.9 Å². The van der Waals surface area contributed by atoms with E-state index in [0.29, 0.717) is 16.2 Å². The zero-order valence-corrected chi connectivity index (χ0v) is 13.1. The number of hydrogen-bond acceptors (Lipinski definition) is 8. The average Bonchev–Trinajstić information content (AvgIpc) is 3.16. The number of thiazole rings is 1. The number of aromatic amines is 1. The van der Waals surface area contributed by atoms with E-state index in [-0.39, 0.29) is 11.5 Å². The Labute approximate surface area is 137 Å². The van der Waals surface area contributed by atoms with Crippen molar-refractivity contribution in [2.24, 2.45) is 0 Å². The molecule has 3 heterocycles. The second-order valence-electron chi connectivity index (χ2n) is 5.08.